The third kappa shape index (κ3) is 4.29. The molecule has 0 saturated carbocycles. The van der Waals surface area contributed by atoms with Crippen molar-refractivity contribution in [2.24, 2.45) is 0 Å². The number of nitrogens with zero attached hydrogens (tertiary/aromatic N) is 4. The van der Waals surface area contributed by atoms with E-state index >= 15 is 0 Å². The average Bonchev–Trinajstić information content (AvgIpc) is 2.96. The summed E-state index contributed by atoms with van der Waals surface area (Å²) >= 11 is 0. The van der Waals surface area contributed by atoms with Crippen LogP contribution in [0.5, 0.6) is 0 Å². The second-order valence-corrected chi connectivity index (χ2v) is 9.02. The Morgan fingerprint density at radius 1 is 0.462 bits per heavy atom. The number of hydrogen-bond acceptors (Lipinski definition) is 4. The van der Waals surface area contributed by atoms with Crippen molar-refractivity contribution in [2.45, 2.75) is 0 Å². The molecule has 7 rings (SSSR count). The van der Waals surface area contributed by atoms with Gasteiger partial charge in [0.15, 0.2) is 0 Å². The van der Waals surface area contributed by atoms with Crippen LogP contribution in [-0.2, 0) is 21.1 Å². The molecule has 0 amide bonds. The molecule has 0 fully saturated rings. The van der Waals surface area contributed by atoms with E-state index in [1.54, 1.807) is 24.3 Å². The molecule has 0 aliphatic heterocycles. The molecule has 4 bridgehead atoms. The summed E-state index contributed by atoms with van der Waals surface area (Å²) in [5, 5.41) is 4.66. The topological polar surface area (TPSA) is 88.1 Å². The molecule has 0 radical (unpaired) electrons. The monoisotopic (exact) mass is 685 g/mol. The van der Waals surface area contributed by atoms with E-state index in [0.717, 1.165) is 21.5 Å². The summed E-state index contributed by atoms with van der Waals surface area (Å²) in [6, 6.07) is 33.5. The molecule has 0 unspecified atom stereocenters. The van der Waals surface area contributed by atoms with Crippen LogP contribution in [0.2, 0.25) is 0 Å². The van der Waals surface area contributed by atoms with E-state index in [0.29, 0.717) is 32.8 Å². The number of fused-ring (bicyclic) bond motifs is 12. The molecule has 4 aromatic carbocycles. The van der Waals surface area contributed by atoms with Crippen molar-refractivity contribution in [2.75, 3.05) is 0 Å². The fourth-order valence-corrected chi connectivity index (χ4v) is 4.90. The molecule has 39 heavy (non-hydrogen) atoms. The summed E-state index contributed by atoms with van der Waals surface area (Å²) in [5.74, 6) is 0. The van der Waals surface area contributed by atoms with Gasteiger partial charge in [0.2, 0.25) is 0 Å². The normalized spacial score (nSPS) is 11.1. The number of hydrogen-bond donors (Lipinski definition) is 0. The molecule has 0 spiro atoms. The van der Waals surface area contributed by atoms with E-state index in [1.165, 1.54) is 0 Å². The molecule has 7 aromatic rings. The van der Waals surface area contributed by atoms with Crippen molar-refractivity contribution in [3.63, 3.8) is 0 Å². The molecule has 7 heteroatoms. The minimum Gasteiger partial charge on any atom is -0.621 e. The molecule has 0 aliphatic carbocycles. The Hall–Kier alpha value is -4.67. The van der Waals surface area contributed by atoms with Crippen LogP contribution < -0.4 is 21.1 Å². The van der Waals surface area contributed by atoms with Crippen LogP contribution in [0.15, 0.2) is 119 Å². The Morgan fingerprint density at radius 2 is 0.821 bits per heavy atom. The number of rotatable bonds is 0. The predicted octanol–water partition coefficient (Wildman–Crippen LogP) is 5.71. The number of benzene rings is 4. The predicted molar refractivity (Wildman–Crippen MR) is 153 cm³/mol. The molecule has 0 aliphatic rings. The number of aromatic nitrogens is 4. The van der Waals surface area contributed by atoms with Crippen molar-refractivity contribution < 1.29 is 21.1 Å². The van der Waals surface area contributed by atoms with Crippen molar-refractivity contribution in [1.82, 2.24) is 19.9 Å². The van der Waals surface area contributed by atoms with E-state index in [2.05, 4.69) is 9.97 Å². The fraction of sp³-hybridized carbons (Fsp3) is 0. The zero-order chi connectivity index (χ0) is 25.6. The van der Waals surface area contributed by atoms with Gasteiger partial charge in [0.25, 0.3) is 0 Å². The van der Waals surface area contributed by atoms with Crippen LogP contribution in [0.1, 0.15) is 0 Å². The van der Waals surface area contributed by atoms with Crippen molar-refractivity contribution in [3.05, 3.63) is 130 Å². The molecule has 0 atom stereocenters. The summed E-state index contributed by atoms with van der Waals surface area (Å²) in [4.78, 5) is 45.7. The van der Waals surface area contributed by atoms with Crippen LogP contribution in [0.4, 0.5) is 0 Å². The van der Waals surface area contributed by atoms with Gasteiger partial charge in [0.1, 0.15) is 11.1 Å². The molecule has 0 saturated heterocycles. The molecular weight excluding hydrogens is 667 g/mol. The molecular formula is C32H18N4O2Pt. The zero-order valence-corrected chi connectivity index (χ0v) is 22.6. The zero-order valence-electron chi connectivity index (χ0n) is 20.3. The van der Waals surface area contributed by atoms with Gasteiger partial charge in [-0.25, -0.2) is 9.97 Å². The first-order valence-electron chi connectivity index (χ1n) is 12.2. The minimum absolute atomic E-state index is 0. The summed E-state index contributed by atoms with van der Waals surface area (Å²) < 4.78 is 0. The summed E-state index contributed by atoms with van der Waals surface area (Å²) in [6.07, 6.45) is 0. The van der Waals surface area contributed by atoms with Crippen LogP contribution in [0, 0.1) is 0 Å². The van der Waals surface area contributed by atoms with E-state index in [4.69, 9.17) is 9.97 Å². The van der Waals surface area contributed by atoms with Crippen molar-refractivity contribution in [1.29, 1.82) is 0 Å². The first-order valence-corrected chi connectivity index (χ1v) is 12.2. The molecule has 6 nitrogen and oxygen atoms in total. The van der Waals surface area contributed by atoms with E-state index in [9.17, 15) is 9.59 Å². The van der Waals surface area contributed by atoms with Gasteiger partial charge >= 0.3 is 21.1 Å². The Morgan fingerprint density at radius 3 is 1.26 bits per heavy atom. The van der Waals surface area contributed by atoms with E-state index in [1.807, 2.05) is 84.9 Å². The fourth-order valence-electron chi connectivity index (χ4n) is 4.90. The Kier molecular flexibility index (Phi) is 6.26. The first-order chi connectivity index (χ1) is 18.7. The molecule has 0 N–H and O–H groups in total. The van der Waals surface area contributed by atoms with Crippen LogP contribution in [0.25, 0.3) is 65.4 Å². The van der Waals surface area contributed by atoms with Gasteiger partial charge in [-0.1, -0.05) is 97.1 Å². The van der Waals surface area contributed by atoms with Gasteiger partial charge in [0.05, 0.1) is 22.1 Å². The molecule has 188 valence electrons. The van der Waals surface area contributed by atoms with Gasteiger partial charge < -0.3 is 19.6 Å². The summed E-state index contributed by atoms with van der Waals surface area (Å²) in [7, 11) is 0. The van der Waals surface area contributed by atoms with Gasteiger partial charge in [-0.15, -0.1) is 11.0 Å². The standard InChI is InChI=1S/C32H20N4O2.Pt/c37-31-27-17-19-9-1-3-11-21(19)29(33-27)23-13-5-7-15-25(23)36-32(38)28-18-20-10-2-4-12-22(20)30(34-28)24-14-6-8-16-26(24)35-31;/h1-18H,(H2,33,34,35,36,37,38);/q;+2/p-2. The Labute approximate surface area is 235 Å². The van der Waals surface area contributed by atoms with Gasteiger partial charge in [-0.2, -0.15) is 0 Å². The second kappa shape index (κ2) is 9.90. The molecule has 3 heterocycles. The number of para-hydroxylation sites is 2. The van der Waals surface area contributed by atoms with Crippen molar-refractivity contribution >= 4 is 65.4 Å². The summed E-state index contributed by atoms with van der Waals surface area (Å²) in [6.45, 7) is 0. The molecule has 3 aromatic heterocycles. The maximum absolute atomic E-state index is 13.6. The smallest absolute Gasteiger partial charge is 0.621 e. The van der Waals surface area contributed by atoms with Gasteiger partial charge in [-0.3, -0.25) is 0 Å². The minimum atomic E-state index is -0.465. The number of pyridine rings is 2. The summed E-state index contributed by atoms with van der Waals surface area (Å²) in [5.41, 5.74) is 1.50. The second-order valence-electron chi connectivity index (χ2n) is 9.02. The largest absolute Gasteiger partial charge is 2.00 e. The van der Waals surface area contributed by atoms with Gasteiger partial charge in [-0.05, 0) is 33.7 Å². The third-order valence-electron chi connectivity index (χ3n) is 6.68. The van der Waals surface area contributed by atoms with Crippen LogP contribution >= 0.6 is 0 Å². The maximum atomic E-state index is 13.6. The third-order valence-corrected chi connectivity index (χ3v) is 6.68. The maximum Gasteiger partial charge on any atom is 2.00 e. The van der Waals surface area contributed by atoms with Gasteiger partial charge in [0, 0.05) is 10.8 Å². The average molecular weight is 686 g/mol. The Bertz CT molecular complexity index is 2140. The first kappa shape index (κ1) is 24.7. The Balaban J connectivity index is 0.00000277. The van der Waals surface area contributed by atoms with Crippen LogP contribution in [-0.4, -0.2) is 9.97 Å². The van der Waals surface area contributed by atoms with Crippen molar-refractivity contribution in [3.8, 4) is 0 Å². The van der Waals surface area contributed by atoms with E-state index in [-0.39, 0.29) is 32.1 Å². The quantitative estimate of drug-likeness (QED) is 0.203. The van der Waals surface area contributed by atoms with Crippen LogP contribution in [0.3, 0.4) is 0 Å². The van der Waals surface area contributed by atoms with E-state index < -0.39 is 11.1 Å². The SMILES string of the molecule is O=c1[n-]c2ccccc2c2nc(cc3ccccc32)c(=O)[n-]c2ccccc2c2nc1cc1ccccc12.[Pt+2].